The molecular formula is C17H19BrN2O. The second-order valence-electron chi connectivity index (χ2n) is 5.27. The van der Waals surface area contributed by atoms with Gasteiger partial charge in [-0.05, 0) is 58.6 Å². The standard InChI is InChI=1S/C17H19BrN2O/c1-2-20-16-7-6-15-14(16)4-3-5-17(15)21-11-12-8-13(18)10-19-9-12/h3-5,8-10,16,20H,2,6-7,11H2,1H3. The average molecular weight is 347 g/mol. The summed E-state index contributed by atoms with van der Waals surface area (Å²) >= 11 is 3.44. The molecule has 4 heteroatoms. The second-order valence-corrected chi connectivity index (χ2v) is 6.19. The summed E-state index contributed by atoms with van der Waals surface area (Å²) in [4.78, 5) is 4.17. The van der Waals surface area contributed by atoms with Gasteiger partial charge in [0.15, 0.2) is 0 Å². The van der Waals surface area contributed by atoms with Gasteiger partial charge in [-0.2, -0.15) is 0 Å². The van der Waals surface area contributed by atoms with Crippen molar-refractivity contribution < 1.29 is 4.74 Å². The number of benzene rings is 1. The average Bonchev–Trinajstić information content (AvgIpc) is 2.90. The Morgan fingerprint density at radius 1 is 1.38 bits per heavy atom. The zero-order chi connectivity index (χ0) is 14.7. The third-order valence-electron chi connectivity index (χ3n) is 3.83. The molecule has 0 saturated carbocycles. The van der Waals surface area contributed by atoms with Crippen LogP contribution in [-0.2, 0) is 13.0 Å². The Morgan fingerprint density at radius 3 is 3.10 bits per heavy atom. The van der Waals surface area contributed by atoms with Gasteiger partial charge in [0.1, 0.15) is 12.4 Å². The van der Waals surface area contributed by atoms with Crippen molar-refractivity contribution in [2.75, 3.05) is 6.54 Å². The Bertz CT molecular complexity index is 630. The van der Waals surface area contributed by atoms with Gasteiger partial charge in [-0.15, -0.1) is 0 Å². The molecule has 0 amide bonds. The normalized spacial score (nSPS) is 16.8. The SMILES string of the molecule is CCNC1CCc2c(OCc3cncc(Br)c3)cccc21. The van der Waals surface area contributed by atoms with Crippen LogP contribution < -0.4 is 10.1 Å². The molecule has 21 heavy (non-hydrogen) atoms. The number of nitrogens with one attached hydrogen (secondary N) is 1. The van der Waals surface area contributed by atoms with Crippen molar-refractivity contribution in [1.82, 2.24) is 10.3 Å². The van der Waals surface area contributed by atoms with Gasteiger partial charge in [-0.3, -0.25) is 4.98 Å². The number of hydrogen-bond donors (Lipinski definition) is 1. The fourth-order valence-corrected chi connectivity index (χ4v) is 3.32. The predicted octanol–water partition coefficient (Wildman–Crippen LogP) is 4.02. The molecule has 3 nitrogen and oxygen atoms in total. The van der Waals surface area contributed by atoms with Crippen molar-refractivity contribution >= 4 is 15.9 Å². The van der Waals surface area contributed by atoms with E-state index in [1.165, 1.54) is 11.1 Å². The van der Waals surface area contributed by atoms with Crippen molar-refractivity contribution in [2.45, 2.75) is 32.4 Å². The van der Waals surface area contributed by atoms with E-state index in [1.807, 2.05) is 12.3 Å². The largest absolute Gasteiger partial charge is 0.489 e. The van der Waals surface area contributed by atoms with Crippen molar-refractivity contribution in [1.29, 1.82) is 0 Å². The molecule has 0 spiro atoms. The van der Waals surface area contributed by atoms with E-state index in [2.05, 4.69) is 51.4 Å². The van der Waals surface area contributed by atoms with E-state index in [0.29, 0.717) is 12.6 Å². The number of hydrogen-bond acceptors (Lipinski definition) is 3. The van der Waals surface area contributed by atoms with E-state index >= 15 is 0 Å². The quantitative estimate of drug-likeness (QED) is 0.887. The maximum atomic E-state index is 6.03. The summed E-state index contributed by atoms with van der Waals surface area (Å²) in [7, 11) is 0. The Hall–Kier alpha value is -1.39. The molecule has 0 radical (unpaired) electrons. The zero-order valence-electron chi connectivity index (χ0n) is 12.1. The molecule has 1 aliphatic rings. The van der Waals surface area contributed by atoms with Crippen LogP contribution in [0.5, 0.6) is 5.75 Å². The fourth-order valence-electron chi connectivity index (χ4n) is 2.91. The van der Waals surface area contributed by atoms with Gasteiger partial charge < -0.3 is 10.1 Å². The van der Waals surface area contributed by atoms with Crippen LogP contribution in [0.4, 0.5) is 0 Å². The molecule has 0 fully saturated rings. The Morgan fingerprint density at radius 2 is 2.29 bits per heavy atom. The maximum Gasteiger partial charge on any atom is 0.123 e. The highest BCUT2D eigenvalue weighted by Crippen LogP contribution is 2.37. The van der Waals surface area contributed by atoms with Crippen LogP contribution in [0.25, 0.3) is 0 Å². The highest BCUT2D eigenvalue weighted by molar-refractivity contribution is 9.10. The van der Waals surface area contributed by atoms with Gasteiger partial charge in [0.25, 0.3) is 0 Å². The molecule has 1 aliphatic carbocycles. The van der Waals surface area contributed by atoms with Gasteiger partial charge in [0.05, 0.1) is 0 Å². The van der Waals surface area contributed by atoms with Gasteiger partial charge in [-0.1, -0.05) is 19.1 Å². The van der Waals surface area contributed by atoms with Crippen LogP contribution in [0.2, 0.25) is 0 Å². The number of ether oxygens (including phenoxy) is 1. The Balaban J connectivity index is 1.75. The summed E-state index contributed by atoms with van der Waals surface area (Å²) in [6, 6.07) is 8.88. The Labute approximate surface area is 133 Å². The predicted molar refractivity (Wildman–Crippen MR) is 87.4 cm³/mol. The first-order valence-corrected chi connectivity index (χ1v) is 8.14. The maximum absolute atomic E-state index is 6.03. The molecule has 2 aromatic rings. The highest BCUT2D eigenvalue weighted by atomic mass is 79.9. The lowest BCUT2D eigenvalue weighted by Gasteiger charge is -2.14. The number of pyridine rings is 1. The number of fused-ring (bicyclic) bond motifs is 1. The van der Waals surface area contributed by atoms with Crippen LogP contribution in [-0.4, -0.2) is 11.5 Å². The first-order valence-electron chi connectivity index (χ1n) is 7.35. The first kappa shape index (κ1) is 14.5. The number of rotatable bonds is 5. The topological polar surface area (TPSA) is 34.1 Å². The van der Waals surface area contributed by atoms with Gasteiger partial charge in [0.2, 0.25) is 0 Å². The first-order chi connectivity index (χ1) is 10.3. The second kappa shape index (κ2) is 6.58. The highest BCUT2D eigenvalue weighted by Gasteiger charge is 2.24. The molecule has 0 aliphatic heterocycles. The van der Waals surface area contributed by atoms with Crippen molar-refractivity contribution in [2.24, 2.45) is 0 Å². The number of aromatic nitrogens is 1. The Kier molecular flexibility index (Phi) is 4.56. The van der Waals surface area contributed by atoms with E-state index < -0.39 is 0 Å². The molecule has 110 valence electrons. The minimum Gasteiger partial charge on any atom is -0.489 e. The minimum atomic E-state index is 0.473. The van der Waals surface area contributed by atoms with Gasteiger partial charge in [-0.25, -0.2) is 0 Å². The lowest BCUT2D eigenvalue weighted by Crippen LogP contribution is -2.18. The van der Waals surface area contributed by atoms with Crippen molar-refractivity contribution in [3.05, 3.63) is 57.8 Å². The van der Waals surface area contributed by atoms with Crippen molar-refractivity contribution in [3.8, 4) is 5.75 Å². The van der Waals surface area contributed by atoms with Crippen LogP contribution in [0, 0.1) is 0 Å². The summed E-state index contributed by atoms with van der Waals surface area (Å²) in [5.41, 5.74) is 3.82. The van der Waals surface area contributed by atoms with Gasteiger partial charge in [0, 0.05) is 28.5 Å². The summed E-state index contributed by atoms with van der Waals surface area (Å²) in [6.07, 6.45) is 5.86. The molecule has 1 atom stereocenters. The van der Waals surface area contributed by atoms with Crippen LogP contribution >= 0.6 is 15.9 Å². The van der Waals surface area contributed by atoms with Crippen molar-refractivity contribution in [3.63, 3.8) is 0 Å². The lowest BCUT2D eigenvalue weighted by molar-refractivity contribution is 0.303. The third-order valence-corrected chi connectivity index (χ3v) is 4.27. The zero-order valence-corrected chi connectivity index (χ0v) is 13.7. The molecule has 3 rings (SSSR count). The van der Waals surface area contributed by atoms with E-state index in [1.54, 1.807) is 6.20 Å². The summed E-state index contributed by atoms with van der Waals surface area (Å²) < 4.78 is 7.01. The lowest BCUT2D eigenvalue weighted by atomic mass is 10.1. The van der Waals surface area contributed by atoms with E-state index in [9.17, 15) is 0 Å². The summed E-state index contributed by atoms with van der Waals surface area (Å²) in [5, 5.41) is 3.54. The fraction of sp³-hybridized carbons (Fsp3) is 0.353. The number of nitrogens with zero attached hydrogens (tertiary/aromatic N) is 1. The van der Waals surface area contributed by atoms with E-state index in [0.717, 1.165) is 35.2 Å². The summed E-state index contributed by atoms with van der Waals surface area (Å²) in [5.74, 6) is 1.01. The number of halogens is 1. The summed E-state index contributed by atoms with van der Waals surface area (Å²) in [6.45, 7) is 3.70. The molecule has 1 unspecified atom stereocenters. The molecule has 0 saturated heterocycles. The van der Waals surface area contributed by atoms with E-state index in [4.69, 9.17) is 4.74 Å². The molecule has 1 aromatic carbocycles. The monoisotopic (exact) mass is 346 g/mol. The molecule has 0 bridgehead atoms. The smallest absolute Gasteiger partial charge is 0.123 e. The molecule has 1 heterocycles. The van der Waals surface area contributed by atoms with Crippen LogP contribution in [0.1, 0.15) is 36.1 Å². The molecule has 1 aromatic heterocycles. The van der Waals surface area contributed by atoms with Crippen LogP contribution in [0.3, 0.4) is 0 Å². The minimum absolute atomic E-state index is 0.473. The molecule has 1 N–H and O–H groups in total. The van der Waals surface area contributed by atoms with E-state index in [-0.39, 0.29) is 0 Å². The molecular weight excluding hydrogens is 328 g/mol. The van der Waals surface area contributed by atoms with Crippen LogP contribution in [0.15, 0.2) is 41.1 Å². The third kappa shape index (κ3) is 3.27. The van der Waals surface area contributed by atoms with Gasteiger partial charge >= 0.3 is 0 Å².